The molecule has 0 aliphatic carbocycles. The molecule has 3 aromatic heterocycles. The number of carbonyl (C=O) groups is 1. The summed E-state index contributed by atoms with van der Waals surface area (Å²) in [6.07, 6.45) is 5.77. The van der Waals surface area contributed by atoms with Gasteiger partial charge in [-0.1, -0.05) is 6.07 Å². The summed E-state index contributed by atoms with van der Waals surface area (Å²) in [4.78, 5) is 29.2. The maximum absolute atomic E-state index is 13.5. The number of hydrogen-bond acceptors (Lipinski definition) is 5. The molecule has 2 fully saturated rings. The van der Waals surface area contributed by atoms with Crippen molar-refractivity contribution in [3.63, 3.8) is 0 Å². The number of nitrogens with zero attached hydrogens (tertiary/aromatic N) is 6. The van der Waals surface area contributed by atoms with Crippen molar-refractivity contribution < 1.29 is 4.79 Å². The Balaban J connectivity index is 1.73. The van der Waals surface area contributed by atoms with Crippen LogP contribution in [0.5, 0.6) is 0 Å². The van der Waals surface area contributed by atoms with Gasteiger partial charge in [-0.3, -0.25) is 4.79 Å². The van der Waals surface area contributed by atoms with Gasteiger partial charge in [0.1, 0.15) is 12.1 Å². The molecule has 0 bridgehead atoms. The zero-order valence-corrected chi connectivity index (χ0v) is 15.6. The molecule has 2 saturated heterocycles. The Bertz CT molecular complexity index is 998. The van der Waals surface area contributed by atoms with Crippen molar-refractivity contribution in [2.45, 2.75) is 12.8 Å². The second-order valence-corrected chi connectivity index (χ2v) is 7.52. The van der Waals surface area contributed by atoms with Crippen LogP contribution in [0.15, 0.2) is 30.7 Å². The molecular weight excluding hydrogens is 340 g/mol. The fourth-order valence-corrected chi connectivity index (χ4v) is 4.29. The van der Waals surface area contributed by atoms with Crippen LogP contribution in [0.2, 0.25) is 0 Å². The quantitative estimate of drug-likeness (QED) is 0.695. The lowest BCUT2D eigenvalue weighted by molar-refractivity contribution is 0.0796. The van der Waals surface area contributed by atoms with Gasteiger partial charge in [-0.2, -0.15) is 0 Å². The van der Waals surface area contributed by atoms with Crippen LogP contribution in [0.25, 0.3) is 16.6 Å². The number of amides is 1. The molecule has 0 N–H and O–H groups in total. The molecule has 0 radical (unpaired) electrons. The number of rotatable bonds is 2. The molecule has 0 atom stereocenters. The summed E-state index contributed by atoms with van der Waals surface area (Å²) in [5.74, 6) is 0.996. The van der Waals surface area contributed by atoms with Gasteiger partial charge in [0.2, 0.25) is 0 Å². The average molecular weight is 364 g/mol. The Hall–Kier alpha value is -2.67. The Morgan fingerprint density at radius 2 is 1.78 bits per heavy atom. The van der Waals surface area contributed by atoms with Crippen LogP contribution >= 0.6 is 0 Å². The number of anilines is 1. The molecule has 0 saturated carbocycles. The van der Waals surface area contributed by atoms with Crippen LogP contribution < -0.4 is 4.90 Å². The summed E-state index contributed by atoms with van der Waals surface area (Å²) in [7, 11) is 2.14. The minimum absolute atomic E-state index is 0.108. The molecule has 0 unspecified atom stereocenters. The third kappa shape index (κ3) is 2.65. The van der Waals surface area contributed by atoms with E-state index in [1.165, 1.54) is 0 Å². The van der Waals surface area contributed by atoms with E-state index in [0.717, 1.165) is 80.0 Å². The Labute approximate surface area is 158 Å². The molecule has 2 aliphatic heterocycles. The molecular formula is C20H24N6O. The van der Waals surface area contributed by atoms with Crippen molar-refractivity contribution in [2.24, 2.45) is 0 Å². The maximum Gasteiger partial charge on any atom is 0.256 e. The van der Waals surface area contributed by atoms with Gasteiger partial charge in [0.25, 0.3) is 5.91 Å². The van der Waals surface area contributed by atoms with E-state index in [9.17, 15) is 4.79 Å². The van der Waals surface area contributed by atoms with Gasteiger partial charge >= 0.3 is 0 Å². The lowest BCUT2D eigenvalue weighted by Gasteiger charge is -2.33. The normalized spacial score (nSPS) is 18.7. The maximum atomic E-state index is 13.5. The first kappa shape index (κ1) is 16.5. The first-order valence-corrected chi connectivity index (χ1v) is 9.70. The number of fused-ring (bicyclic) bond motifs is 3. The monoisotopic (exact) mass is 364 g/mol. The average Bonchev–Trinajstić information content (AvgIpc) is 3.35. The number of likely N-dealkylation sites (N-methyl/N-ethyl adjacent to an activating group) is 1. The summed E-state index contributed by atoms with van der Waals surface area (Å²) in [6.45, 7) is 5.48. The topological polar surface area (TPSA) is 57.0 Å². The molecule has 5 rings (SSSR count). The molecule has 0 spiro atoms. The highest BCUT2D eigenvalue weighted by atomic mass is 16.2. The van der Waals surface area contributed by atoms with E-state index in [1.54, 1.807) is 6.33 Å². The second kappa shape index (κ2) is 6.49. The van der Waals surface area contributed by atoms with Crippen molar-refractivity contribution in [1.82, 2.24) is 24.2 Å². The molecule has 7 heteroatoms. The largest absolute Gasteiger partial charge is 0.353 e. The highest BCUT2D eigenvalue weighted by molar-refractivity contribution is 6.16. The van der Waals surface area contributed by atoms with Gasteiger partial charge in [-0.05, 0) is 32.0 Å². The van der Waals surface area contributed by atoms with E-state index in [0.29, 0.717) is 0 Å². The molecule has 0 aromatic carbocycles. The van der Waals surface area contributed by atoms with Crippen molar-refractivity contribution >= 4 is 28.3 Å². The second-order valence-electron chi connectivity index (χ2n) is 7.52. The number of hydrogen-bond donors (Lipinski definition) is 0. The smallest absolute Gasteiger partial charge is 0.256 e. The first-order chi connectivity index (χ1) is 13.2. The minimum Gasteiger partial charge on any atom is -0.353 e. The Morgan fingerprint density at radius 3 is 2.56 bits per heavy atom. The van der Waals surface area contributed by atoms with E-state index in [-0.39, 0.29) is 5.91 Å². The van der Waals surface area contributed by atoms with Gasteiger partial charge in [-0.25, -0.2) is 9.97 Å². The van der Waals surface area contributed by atoms with Crippen LogP contribution in [-0.4, -0.2) is 76.4 Å². The van der Waals surface area contributed by atoms with Crippen LogP contribution in [0, 0.1) is 0 Å². The third-order valence-electron chi connectivity index (χ3n) is 5.81. The summed E-state index contributed by atoms with van der Waals surface area (Å²) in [6, 6.07) is 5.98. The number of aromatic nitrogens is 3. The van der Waals surface area contributed by atoms with Gasteiger partial charge in [0, 0.05) is 45.5 Å². The van der Waals surface area contributed by atoms with Crippen molar-refractivity contribution in [3.05, 3.63) is 36.3 Å². The van der Waals surface area contributed by atoms with E-state index in [2.05, 4.69) is 26.8 Å². The summed E-state index contributed by atoms with van der Waals surface area (Å²) >= 11 is 0. The fraction of sp³-hybridized carbons (Fsp3) is 0.450. The van der Waals surface area contributed by atoms with Gasteiger partial charge < -0.3 is 19.1 Å². The van der Waals surface area contributed by atoms with Crippen LogP contribution in [-0.2, 0) is 0 Å². The predicted molar refractivity (Wildman–Crippen MR) is 105 cm³/mol. The summed E-state index contributed by atoms with van der Waals surface area (Å²) in [5, 5.41) is 0.894. The molecule has 2 aliphatic rings. The van der Waals surface area contributed by atoms with E-state index < -0.39 is 0 Å². The molecule has 1 amide bonds. The summed E-state index contributed by atoms with van der Waals surface area (Å²) in [5.41, 5.74) is 2.49. The molecule has 5 heterocycles. The molecule has 3 aromatic rings. The predicted octanol–water partition coefficient (Wildman–Crippen LogP) is 1.87. The molecule has 27 heavy (non-hydrogen) atoms. The van der Waals surface area contributed by atoms with Crippen molar-refractivity contribution in [2.75, 3.05) is 51.2 Å². The van der Waals surface area contributed by atoms with Gasteiger partial charge in [0.15, 0.2) is 5.65 Å². The fourth-order valence-electron chi connectivity index (χ4n) is 4.29. The zero-order valence-electron chi connectivity index (χ0n) is 15.6. The number of pyridine rings is 1. The summed E-state index contributed by atoms with van der Waals surface area (Å²) < 4.78 is 2.03. The van der Waals surface area contributed by atoms with E-state index in [1.807, 2.05) is 33.7 Å². The minimum atomic E-state index is 0.108. The standard InChI is InChI=1S/C20H24N6O/c1-23-10-12-24(13-11-23)18-17-16(20(27)25-7-4-5-8-25)15-6-2-3-9-26(15)19(17)22-14-21-18/h2-3,6,9,14H,4-5,7-8,10-13H2,1H3. The van der Waals surface area contributed by atoms with E-state index in [4.69, 9.17) is 0 Å². The van der Waals surface area contributed by atoms with Crippen LogP contribution in [0.4, 0.5) is 5.82 Å². The highest BCUT2D eigenvalue weighted by Gasteiger charge is 2.29. The molecule has 140 valence electrons. The van der Waals surface area contributed by atoms with Crippen LogP contribution in [0.3, 0.4) is 0 Å². The lowest BCUT2D eigenvalue weighted by Crippen LogP contribution is -2.45. The Kier molecular flexibility index (Phi) is 3.97. The first-order valence-electron chi connectivity index (χ1n) is 9.70. The number of likely N-dealkylation sites (tertiary alicyclic amines) is 1. The highest BCUT2D eigenvalue weighted by Crippen LogP contribution is 2.33. The van der Waals surface area contributed by atoms with Gasteiger partial charge in [0.05, 0.1) is 16.5 Å². The number of piperazine rings is 1. The Morgan fingerprint density at radius 1 is 1.00 bits per heavy atom. The van der Waals surface area contributed by atoms with E-state index >= 15 is 0 Å². The van der Waals surface area contributed by atoms with Crippen molar-refractivity contribution in [3.8, 4) is 0 Å². The number of carbonyl (C=O) groups excluding carboxylic acids is 1. The van der Waals surface area contributed by atoms with Crippen molar-refractivity contribution in [1.29, 1.82) is 0 Å². The third-order valence-corrected chi connectivity index (χ3v) is 5.81. The van der Waals surface area contributed by atoms with Gasteiger partial charge in [-0.15, -0.1) is 0 Å². The van der Waals surface area contributed by atoms with Crippen LogP contribution in [0.1, 0.15) is 23.2 Å². The zero-order chi connectivity index (χ0) is 18.4. The lowest BCUT2D eigenvalue weighted by atomic mass is 10.1. The molecule has 7 nitrogen and oxygen atoms in total. The SMILES string of the molecule is CN1CCN(c2ncnc3c2c(C(=O)N2CCCC2)c2ccccn23)CC1.